The molecule has 0 bridgehead atoms. The largest absolute Gasteiger partial charge is 0.316 e. The summed E-state index contributed by atoms with van der Waals surface area (Å²) in [6, 6.07) is 9.48. The molecule has 18 heavy (non-hydrogen) atoms. The zero-order valence-corrected chi connectivity index (χ0v) is 11.9. The van der Waals surface area contributed by atoms with Crippen LogP contribution in [0.15, 0.2) is 24.3 Å². The van der Waals surface area contributed by atoms with Crippen LogP contribution in [-0.4, -0.2) is 24.0 Å². The maximum absolute atomic E-state index is 3.53. The highest BCUT2D eigenvalue weighted by Gasteiger charge is 2.25. The van der Waals surface area contributed by atoms with Crippen molar-refractivity contribution in [3.63, 3.8) is 0 Å². The van der Waals surface area contributed by atoms with Crippen LogP contribution in [0, 0.1) is 5.92 Å². The van der Waals surface area contributed by atoms with Crippen molar-refractivity contribution < 1.29 is 0 Å². The maximum atomic E-state index is 3.53. The van der Waals surface area contributed by atoms with E-state index in [1.807, 2.05) is 0 Å². The zero-order chi connectivity index (χ0) is 13.0. The molecule has 0 amide bonds. The molecule has 2 rings (SSSR count). The summed E-state index contributed by atoms with van der Waals surface area (Å²) in [5.41, 5.74) is 3.02. The number of benzene rings is 1. The van der Waals surface area contributed by atoms with Gasteiger partial charge in [0.2, 0.25) is 0 Å². The van der Waals surface area contributed by atoms with Gasteiger partial charge in [-0.3, -0.25) is 4.90 Å². The minimum Gasteiger partial charge on any atom is -0.316 e. The predicted molar refractivity (Wildman–Crippen MR) is 77.5 cm³/mol. The van der Waals surface area contributed by atoms with Gasteiger partial charge in [-0.2, -0.15) is 0 Å². The molecule has 1 aliphatic heterocycles. The molecule has 0 saturated heterocycles. The molecule has 0 aromatic heterocycles. The van der Waals surface area contributed by atoms with E-state index in [4.69, 9.17) is 0 Å². The molecule has 0 radical (unpaired) electrons. The smallest absolute Gasteiger partial charge is 0.0243 e. The lowest BCUT2D eigenvalue weighted by Crippen LogP contribution is -2.38. The average Bonchev–Trinajstić information content (AvgIpc) is 2.81. The molecule has 1 aromatic rings. The van der Waals surface area contributed by atoms with Crippen molar-refractivity contribution in [1.82, 2.24) is 10.2 Å². The van der Waals surface area contributed by atoms with E-state index in [0.29, 0.717) is 12.0 Å². The molecular formula is C16H26N2. The van der Waals surface area contributed by atoms with Crippen LogP contribution in [0.4, 0.5) is 0 Å². The Morgan fingerprint density at radius 1 is 1.17 bits per heavy atom. The van der Waals surface area contributed by atoms with Crippen LogP contribution in [0.3, 0.4) is 0 Å². The lowest BCUT2D eigenvalue weighted by atomic mass is 10.0. The van der Waals surface area contributed by atoms with Gasteiger partial charge < -0.3 is 5.32 Å². The summed E-state index contributed by atoms with van der Waals surface area (Å²) in [7, 11) is 0. The Kier molecular flexibility index (Phi) is 4.79. The van der Waals surface area contributed by atoms with Gasteiger partial charge in [0.1, 0.15) is 0 Å². The van der Waals surface area contributed by atoms with Gasteiger partial charge in [-0.25, -0.2) is 0 Å². The second-order valence-electron chi connectivity index (χ2n) is 5.60. The summed E-state index contributed by atoms with van der Waals surface area (Å²) in [5.74, 6) is 0.700. The lowest BCUT2D eigenvalue weighted by molar-refractivity contribution is 0.160. The van der Waals surface area contributed by atoms with E-state index in [9.17, 15) is 0 Å². The fraction of sp³-hybridized carbons (Fsp3) is 0.625. The molecule has 1 N–H and O–H groups in total. The highest BCUT2D eigenvalue weighted by Crippen LogP contribution is 2.26. The number of rotatable bonds is 6. The van der Waals surface area contributed by atoms with E-state index in [1.54, 1.807) is 0 Å². The van der Waals surface area contributed by atoms with Crippen LogP contribution in [0.25, 0.3) is 0 Å². The number of nitrogens with zero attached hydrogens (tertiary/aromatic N) is 1. The molecule has 2 heteroatoms. The van der Waals surface area contributed by atoms with Gasteiger partial charge in [-0.05, 0) is 43.5 Å². The minimum absolute atomic E-state index is 0.641. The Morgan fingerprint density at radius 3 is 2.33 bits per heavy atom. The van der Waals surface area contributed by atoms with Crippen molar-refractivity contribution in [2.24, 2.45) is 5.92 Å². The van der Waals surface area contributed by atoms with Crippen molar-refractivity contribution in [3.8, 4) is 0 Å². The first-order chi connectivity index (χ1) is 8.72. The Bertz CT molecular complexity index is 350. The van der Waals surface area contributed by atoms with Crippen LogP contribution in [0.2, 0.25) is 0 Å². The second-order valence-corrected chi connectivity index (χ2v) is 5.60. The first kappa shape index (κ1) is 13.6. The van der Waals surface area contributed by atoms with Crippen LogP contribution >= 0.6 is 0 Å². The van der Waals surface area contributed by atoms with Gasteiger partial charge >= 0.3 is 0 Å². The second kappa shape index (κ2) is 6.35. The van der Waals surface area contributed by atoms with Crippen molar-refractivity contribution >= 4 is 0 Å². The van der Waals surface area contributed by atoms with Crippen molar-refractivity contribution in [1.29, 1.82) is 0 Å². The fourth-order valence-corrected chi connectivity index (χ4v) is 2.68. The number of hydrogen-bond acceptors (Lipinski definition) is 2. The average molecular weight is 246 g/mol. The Labute approximate surface area is 111 Å². The molecule has 1 aliphatic rings. The van der Waals surface area contributed by atoms with E-state index >= 15 is 0 Å². The summed E-state index contributed by atoms with van der Waals surface area (Å²) in [5, 5.41) is 3.53. The van der Waals surface area contributed by atoms with Gasteiger partial charge in [0.15, 0.2) is 0 Å². The Balaban J connectivity index is 1.86. The van der Waals surface area contributed by atoms with Crippen molar-refractivity contribution in [2.75, 3.05) is 13.1 Å². The molecule has 2 unspecified atom stereocenters. The summed E-state index contributed by atoms with van der Waals surface area (Å²) in [6.07, 6.45) is 1.22. The summed E-state index contributed by atoms with van der Waals surface area (Å²) in [4.78, 5) is 2.60. The lowest BCUT2D eigenvalue weighted by Gasteiger charge is -2.29. The molecule has 0 fully saturated rings. The van der Waals surface area contributed by atoms with Gasteiger partial charge in [0.05, 0.1) is 0 Å². The third-order valence-electron chi connectivity index (χ3n) is 4.16. The summed E-state index contributed by atoms with van der Waals surface area (Å²) < 4.78 is 0. The van der Waals surface area contributed by atoms with Crippen LogP contribution in [0.1, 0.15) is 38.3 Å². The Morgan fingerprint density at radius 2 is 1.78 bits per heavy atom. The third kappa shape index (κ3) is 3.12. The van der Waals surface area contributed by atoms with Gasteiger partial charge in [-0.15, -0.1) is 0 Å². The Hall–Kier alpha value is -0.860. The van der Waals surface area contributed by atoms with E-state index < -0.39 is 0 Å². The molecule has 100 valence electrons. The number of nitrogens with one attached hydrogen (secondary N) is 1. The molecule has 1 heterocycles. The minimum atomic E-state index is 0.641. The maximum Gasteiger partial charge on any atom is 0.0243 e. The van der Waals surface area contributed by atoms with E-state index in [-0.39, 0.29) is 0 Å². The zero-order valence-electron chi connectivity index (χ0n) is 11.9. The SMILES string of the molecule is CCCNCC(C)C(C)N1Cc2ccccc2C1. The summed E-state index contributed by atoms with van der Waals surface area (Å²) in [6.45, 7) is 11.4. The first-order valence-electron chi connectivity index (χ1n) is 7.24. The highest BCUT2D eigenvalue weighted by molar-refractivity contribution is 5.30. The molecular weight excluding hydrogens is 220 g/mol. The molecule has 0 aliphatic carbocycles. The quantitative estimate of drug-likeness (QED) is 0.776. The fourth-order valence-electron chi connectivity index (χ4n) is 2.68. The molecule has 1 aromatic carbocycles. The van der Waals surface area contributed by atoms with Crippen molar-refractivity contribution in [3.05, 3.63) is 35.4 Å². The van der Waals surface area contributed by atoms with Crippen LogP contribution in [-0.2, 0) is 13.1 Å². The number of fused-ring (bicyclic) bond motifs is 1. The topological polar surface area (TPSA) is 15.3 Å². The molecule has 2 nitrogen and oxygen atoms in total. The van der Waals surface area contributed by atoms with Crippen LogP contribution in [0.5, 0.6) is 0 Å². The van der Waals surface area contributed by atoms with Gasteiger partial charge in [0, 0.05) is 19.1 Å². The number of hydrogen-bond donors (Lipinski definition) is 1. The molecule has 0 saturated carbocycles. The monoisotopic (exact) mass is 246 g/mol. The van der Waals surface area contributed by atoms with Gasteiger partial charge in [-0.1, -0.05) is 38.1 Å². The summed E-state index contributed by atoms with van der Waals surface area (Å²) >= 11 is 0. The highest BCUT2D eigenvalue weighted by atomic mass is 15.2. The van der Waals surface area contributed by atoms with E-state index in [1.165, 1.54) is 17.5 Å². The normalized spacial score (nSPS) is 18.6. The first-order valence-corrected chi connectivity index (χ1v) is 7.24. The van der Waals surface area contributed by atoms with E-state index in [2.05, 4.69) is 55.3 Å². The molecule has 2 atom stereocenters. The third-order valence-corrected chi connectivity index (χ3v) is 4.16. The van der Waals surface area contributed by atoms with Gasteiger partial charge in [0.25, 0.3) is 0 Å². The van der Waals surface area contributed by atoms with Crippen LogP contribution < -0.4 is 5.32 Å². The molecule has 0 spiro atoms. The van der Waals surface area contributed by atoms with E-state index in [0.717, 1.165) is 26.2 Å². The van der Waals surface area contributed by atoms with Crippen molar-refractivity contribution in [2.45, 2.75) is 46.3 Å². The predicted octanol–water partition coefficient (Wildman–Crippen LogP) is 3.03. The standard InChI is InChI=1S/C16H26N2/c1-4-9-17-10-13(2)14(3)18-11-15-7-5-6-8-16(15)12-18/h5-8,13-14,17H,4,9-12H2,1-3H3.